The van der Waals surface area contributed by atoms with Crippen molar-refractivity contribution in [2.75, 3.05) is 13.2 Å². The maximum atomic E-state index is 16.0. The van der Waals surface area contributed by atoms with E-state index in [2.05, 4.69) is 217 Å². The number of halogens is 2. The molecule has 0 aliphatic carbocycles. The largest absolute Gasteiger partial charge is 0.505 e. The van der Waals surface area contributed by atoms with E-state index in [0.717, 1.165) is 65.9 Å². The number of ether oxygens (including phenoxy) is 2. The van der Waals surface area contributed by atoms with Crippen molar-refractivity contribution in [2.24, 2.45) is 0 Å². The van der Waals surface area contributed by atoms with Gasteiger partial charge in [-0.1, -0.05) is 168 Å². The summed E-state index contributed by atoms with van der Waals surface area (Å²) < 4.78 is 49.8. The number of phenols is 2. The first-order valence-corrected chi connectivity index (χ1v) is 36.2. The Morgan fingerprint density at radius 2 is 0.741 bits per heavy atom. The molecule has 0 aliphatic heterocycles. The highest BCUT2D eigenvalue weighted by molar-refractivity contribution is 6.92. The monoisotopic (exact) mass is 1170 g/mol. The van der Waals surface area contributed by atoms with Gasteiger partial charge in [-0.2, -0.15) is 0 Å². The standard InChI is InChI=1S/C75H88F2N2O4Si2/c1-44-22-26-54-56-28-24-52(84(17,18)74(11,12)13)42-64(56)78(62(54)32-44)66-38-48(72(5,6)7)36-58(68(66)80)60-40-50(76)34-46(3)70(60)82-30-21-31-83-71-47(4)35-51(77)41-61(71)59-37-49(73(8,9)10)39-67(69(59)81)79-63-33-45(2)23-27-55(63)57-29-25-53(43-65(57)79)85(19,20)75(14,15)16/h22-29,32-43,80-81H,21,30-31H2,1-20H3. The molecule has 8 aromatic carbocycles. The van der Waals surface area contributed by atoms with Gasteiger partial charge in [0, 0.05) is 50.2 Å². The van der Waals surface area contributed by atoms with E-state index in [1.54, 1.807) is 0 Å². The number of phenolic OH excluding ortho intramolecular Hbond substituents is 2. The van der Waals surface area contributed by atoms with Gasteiger partial charge in [-0.3, -0.25) is 0 Å². The number of aryl methyl sites for hydroxylation is 4. The van der Waals surface area contributed by atoms with Gasteiger partial charge >= 0.3 is 0 Å². The molecule has 0 saturated carbocycles. The third-order valence-corrected chi connectivity index (χ3v) is 30.3. The highest BCUT2D eigenvalue weighted by Crippen LogP contribution is 2.49. The van der Waals surface area contributed by atoms with Crippen LogP contribution in [-0.4, -0.2) is 48.7 Å². The van der Waals surface area contributed by atoms with E-state index in [0.29, 0.717) is 62.7 Å². The van der Waals surface area contributed by atoms with Crippen LogP contribution in [0.1, 0.15) is 123 Å². The van der Waals surface area contributed by atoms with E-state index >= 15 is 8.78 Å². The van der Waals surface area contributed by atoms with Gasteiger partial charge in [-0.05, 0) is 155 Å². The average molecular weight is 1180 g/mol. The average Bonchev–Trinajstić information content (AvgIpc) is 4.09. The zero-order chi connectivity index (χ0) is 62.0. The Labute approximate surface area is 505 Å². The van der Waals surface area contributed by atoms with Crippen LogP contribution < -0.4 is 19.8 Å². The molecule has 0 fully saturated rings. The van der Waals surface area contributed by atoms with Crippen molar-refractivity contribution in [1.82, 2.24) is 9.13 Å². The molecule has 10 aromatic rings. The number of hydrogen-bond donors (Lipinski definition) is 2. The molecule has 0 aliphatic rings. The minimum atomic E-state index is -2.00. The Hall–Kier alpha value is -7.15. The Bertz CT molecular complexity index is 4030. The van der Waals surface area contributed by atoms with Crippen LogP contribution in [0.15, 0.2) is 121 Å². The highest BCUT2D eigenvalue weighted by atomic mass is 28.3. The van der Waals surface area contributed by atoms with Crippen LogP contribution in [0.4, 0.5) is 8.78 Å². The first kappa shape index (κ1) is 61.0. The molecule has 0 unspecified atom stereocenters. The molecule has 6 nitrogen and oxygen atoms in total. The lowest BCUT2D eigenvalue weighted by Gasteiger charge is -2.37. The lowest BCUT2D eigenvalue weighted by Crippen LogP contribution is -2.49. The Kier molecular flexibility index (Phi) is 15.3. The van der Waals surface area contributed by atoms with Gasteiger partial charge in [0.15, 0.2) is 0 Å². The molecule has 85 heavy (non-hydrogen) atoms. The molecule has 0 amide bonds. The van der Waals surface area contributed by atoms with E-state index in [9.17, 15) is 10.2 Å². The van der Waals surface area contributed by atoms with Gasteiger partial charge in [-0.15, -0.1) is 0 Å². The van der Waals surface area contributed by atoms with E-state index < -0.39 is 27.8 Å². The quantitative estimate of drug-likeness (QED) is 0.0945. The van der Waals surface area contributed by atoms with Gasteiger partial charge in [0.05, 0.1) is 62.8 Å². The van der Waals surface area contributed by atoms with Crippen molar-refractivity contribution in [1.29, 1.82) is 0 Å². The summed E-state index contributed by atoms with van der Waals surface area (Å²) in [7, 11) is -4.00. The first-order chi connectivity index (χ1) is 39.5. The van der Waals surface area contributed by atoms with Crippen LogP contribution in [0.3, 0.4) is 0 Å². The fourth-order valence-corrected chi connectivity index (χ4v) is 15.7. The number of nitrogens with zero attached hydrogens (tertiary/aromatic N) is 2. The molecule has 10 heteroatoms. The zero-order valence-electron chi connectivity index (χ0n) is 54.0. The molecule has 2 N–H and O–H groups in total. The van der Waals surface area contributed by atoms with Crippen molar-refractivity contribution in [2.45, 2.75) is 164 Å². The lowest BCUT2D eigenvalue weighted by molar-refractivity contribution is 0.246. The van der Waals surface area contributed by atoms with Crippen molar-refractivity contribution in [3.8, 4) is 56.6 Å². The van der Waals surface area contributed by atoms with Crippen molar-refractivity contribution >= 4 is 70.1 Å². The van der Waals surface area contributed by atoms with Crippen molar-refractivity contribution < 1.29 is 28.5 Å². The Balaban J connectivity index is 1.03. The van der Waals surface area contributed by atoms with Crippen molar-refractivity contribution in [3.05, 3.63) is 166 Å². The molecule has 2 heterocycles. The van der Waals surface area contributed by atoms with Crippen LogP contribution in [0.5, 0.6) is 23.0 Å². The van der Waals surface area contributed by atoms with Gasteiger partial charge in [0.2, 0.25) is 0 Å². The van der Waals surface area contributed by atoms with E-state index in [1.807, 2.05) is 26.0 Å². The summed E-state index contributed by atoms with van der Waals surface area (Å²) >= 11 is 0. The van der Waals surface area contributed by atoms with Crippen LogP contribution in [0, 0.1) is 39.3 Å². The normalized spacial score (nSPS) is 13.1. The predicted octanol–water partition coefficient (Wildman–Crippen LogP) is 20.0. The van der Waals surface area contributed by atoms with E-state index in [1.165, 1.54) is 34.6 Å². The SMILES string of the molecule is Cc1ccc2c3ccc([Si](C)(C)C(C)(C)C)cc3n(-c3cc(C(C)(C)C)cc(-c4cc(F)cc(C)c4OCCCOc4c(C)cc(F)cc4-c4cc(C(C)(C)C)cc(-n5c6cc(C)ccc6c6ccc([Si](C)(C)C(C)(C)C)cc65)c4O)c3O)c2c1. The number of aromatic nitrogens is 2. The van der Waals surface area contributed by atoms with Gasteiger partial charge in [0.25, 0.3) is 0 Å². The molecular formula is C75H88F2N2O4Si2. The molecule has 0 spiro atoms. The van der Waals surface area contributed by atoms with Crippen LogP contribution in [0.2, 0.25) is 36.3 Å². The topological polar surface area (TPSA) is 68.8 Å². The van der Waals surface area contributed by atoms with Crippen LogP contribution in [-0.2, 0) is 10.8 Å². The Morgan fingerprint density at radius 1 is 0.412 bits per heavy atom. The zero-order valence-corrected chi connectivity index (χ0v) is 56.0. The second-order valence-electron chi connectivity index (χ2n) is 29.5. The summed E-state index contributed by atoms with van der Waals surface area (Å²) in [6.07, 6.45) is 0.402. The van der Waals surface area contributed by atoms with Crippen LogP contribution in [0.25, 0.3) is 77.2 Å². The molecule has 2 aromatic heterocycles. The minimum absolute atomic E-state index is 0.0228. The fraction of sp³-hybridized carbons (Fsp3) is 0.360. The third-order valence-electron chi connectivity index (χ3n) is 19.3. The second kappa shape index (κ2) is 21.4. The predicted molar refractivity (Wildman–Crippen MR) is 361 cm³/mol. The third kappa shape index (κ3) is 10.9. The molecule has 0 atom stereocenters. The van der Waals surface area contributed by atoms with Gasteiger partial charge in [-0.25, -0.2) is 8.78 Å². The highest BCUT2D eigenvalue weighted by Gasteiger charge is 2.39. The summed E-state index contributed by atoms with van der Waals surface area (Å²) in [6, 6.07) is 40.8. The molecular weight excluding hydrogens is 1090 g/mol. The summed E-state index contributed by atoms with van der Waals surface area (Å²) in [6.45, 7) is 44.8. The second-order valence-corrected chi connectivity index (χ2v) is 40.1. The number of fused-ring (bicyclic) bond motifs is 6. The minimum Gasteiger partial charge on any atom is -0.505 e. The molecule has 0 bridgehead atoms. The van der Waals surface area contributed by atoms with E-state index in [-0.39, 0.29) is 45.6 Å². The lowest BCUT2D eigenvalue weighted by atomic mass is 9.84. The number of rotatable bonds is 12. The number of aromatic hydroxyl groups is 2. The first-order valence-electron chi connectivity index (χ1n) is 30.2. The van der Waals surface area contributed by atoms with Crippen LogP contribution >= 0.6 is 0 Å². The Morgan fingerprint density at radius 3 is 1.07 bits per heavy atom. The molecule has 444 valence electrons. The van der Waals surface area contributed by atoms with Crippen molar-refractivity contribution in [3.63, 3.8) is 0 Å². The fourth-order valence-electron chi connectivity index (χ4n) is 11.9. The summed E-state index contributed by atoms with van der Waals surface area (Å²) in [5, 5.41) is 33.1. The number of benzene rings is 8. The summed E-state index contributed by atoms with van der Waals surface area (Å²) in [5.74, 6) is 0.0752. The summed E-state index contributed by atoms with van der Waals surface area (Å²) in [4.78, 5) is 0. The molecule has 10 rings (SSSR count). The molecule has 0 saturated heterocycles. The van der Waals surface area contributed by atoms with E-state index in [4.69, 9.17) is 9.47 Å². The smallest absolute Gasteiger partial charge is 0.147 e. The number of hydrogen-bond acceptors (Lipinski definition) is 4. The maximum absolute atomic E-state index is 16.0. The molecule has 0 radical (unpaired) electrons. The van der Waals surface area contributed by atoms with Gasteiger partial charge in [0.1, 0.15) is 34.6 Å². The van der Waals surface area contributed by atoms with Gasteiger partial charge < -0.3 is 28.8 Å². The maximum Gasteiger partial charge on any atom is 0.147 e. The summed E-state index contributed by atoms with van der Waals surface area (Å²) in [5.41, 5.74) is 11.6.